The minimum absolute atomic E-state index is 0.00157. The molecule has 1 rings (SSSR count). The fourth-order valence-electron chi connectivity index (χ4n) is 1.08. The van der Waals surface area contributed by atoms with Crippen LogP contribution < -0.4 is 0 Å². The molecule has 0 aromatic heterocycles. The number of hydrogen-bond donors (Lipinski definition) is 1. The zero-order valence-electron chi connectivity index (χ0n) is 7.56. The minimum atomic E-state index is -0.795. The van der Waals surface area contributed by atoms with Crippen molar-refractivity contribution in [2.24, 2.45) is 0 Å². The van der Waals surface area contributed by atoms with Crippen LogP contribution in [-0.2, 0) is 0 Å². The highest BCUT2D eigenvalue weighted by atomic mass is 16.6. The summed E-state index contributed by atoms with van der Waals surface area (Å²) in [5.74, 6) is -0.904. The fraction of sp³-hybridized carbons (Fsp3) is 0.222. The first kappa shape index (κ1) is 10.2. The molecule has 74 valence electrons. The number of ketones is 1. The van der Waals surface area contributed by atoms with Crippen LogP contribution >= 0.6 is 0 Å². The molecule has 0 bridgehead atoms. The van der Waals surface area contributed by atoms with Gasteiger partial charge in [0.05, 0.1) is 5.56 Å². The van der Waals surface area contributed by atoms with Gasteiger partial charge in [-0.05, 0) is 19.1 Å². The fourth-order valence-corrected chi connectivity index (χ4v) is 1.08. The third-order valence-corrected chi connectivity index (χ3v) is 1.73. The number of phenolic OH excluding ortho intramolecular Hbond substituents is 1. The number of phenols is 1. The van der Waals surface area contributed by atoms with E-state index in [0.29, 0.717) is 0 Å². The minimum Gasteiger partial charge on any atom is -0.507 e. The quantitative estimate of drug-likeness (QED) is 0.445. The molecule has 0 radical (unpaired) electrons. The number of carbonyl (C=O) groups is 1. The van der Waals surface area contributed by atoms with Crippen molar-refractivity contribution in [2.45, 2.75) is 6.92 Å². The number of rotatable bonds is 3. The summed E-state index contributed by atoms with van der Waals surface area (Å²) in [5, 5.41) is 19.4. The summed E-state index contributed by atoms with van der Waals surface area (Å²) in [6.07, 6.45) is 0. The Morgan fingerprint density at radius 1 is 1.57 bits per heavy atom. The van der Waals surface area contributed by atoms with Gasteiger partial charge in [-0.3, -0.25) is 14.9 Å². The molecule has 5 heteroatoms. The molecule has 1 aromatic carbocycles. The molecule has 0 saturated heterocycles. The van der Waals surface area contributed by atoms with E-state index in [2.05, 4.69) is 0 Å². The first-order valence-corrected chi connectivity index (χ1v) is 3.95. The third-order valence-electron chi connectivity index (χ3n) is 1.73. The van der Waals surface area contributed by atoms with E-state index in [4.69, 9.17) is 0 Å². The smallest absolute Gasteiger partial charge is 0.265 e. The lowest BCUT2D eigenvalue weighted by Gasteiger charge is -2.01. The number of Topliss-reactive ketones (excluding diaryl/α,β-unsaturated/α-hetero) is 1. The van der Waals surface area contributed by atoms with Crippen molar-refractivity contribution in [1.29, 1.82) is 0 Å². The average Bonchev–Trinajstić information content (AvgIpc) is 2.08. The normalized spacial score (nSPS) is 9.79. The van der Waals surface area contributed by atoms with Crippen LogP contribution in [0.25, 0.3) is 0 Å². The van der Waals surface area contributed by atoms with Gasteiger partial charge in [0, 0.05) is 4.92 Å². The van der Waals surface area contributed by atoms with Crippen molar-refractivity contribution >= 4 is 5.78 Å². The van der Waals surface area contributed by atoms with Crippen molar-refractivity contribution in [3.8, 4) is 5.75 Å². The molecule has 0 spiro atoms. The predicted molar refractivity (Wildman–Crippen MR) is 49.0 cm³/mol. The van der Waals surface area contributed by atoms with Crippen LogP contribution in [0.3, 0.4) is 0 Å². The highest BCUT2D eigenvalue weighted by Gasteiger charge is 2.16. The van der Waals surface area contributed by atoms with Gasteiger partial charge in [-0.1, -0.05) is 11.6 Å². The maximum Gasteiger partial charge on any atom is 0.265 e. The lowest BCUT2D eigenvalue weighted by atomic mass is 10.1. The topological polar surface area (TPSA) is 80.4 Å². The van der Waals surface area contributed by atoms with Gasteiger partial charge in [0.2, 0.25) is 5.78 Å². The molecule has 1 N–H and O–H groups in total. The molecule has 0 atom stereocenters. The summed E-state index contributed by atoms with van der Waals surface area (Å²) < 4.78 is 0. The van der Waals surface area contributed by atoms with Gasteiger partial charge < -0.3 is 5.11 Å². The van der Waals surface area contributed by atoms with Crippen molar-refractivity contribution in [3.63, 3.8) is 0 Å². The standard InChI is InChI=1S/C9H9NO4/c1-6-2-3-8(11)7(4-6)9(12)5-10(13)14/h2-4,11H,5H2,1H3. The van der Waals surface area contributed by atoms with Crippen molar-refractivity contribution in [2.75, 3.05) is 6.54 Å². The summed E-state index contributed by atoms with van der Waals surface area (Å²) in [6, 6.07) is 4.40. The van der Waals surface area contributed by atoms with E-state index in [1.165, 1.54) is 12.1 Å². The zero-order valence-corrected chi connectivity index (χ0v) is 7.56. The molecule has 0 fully saturated rings. The Morgan fingerprint density at radius 3 is 2.79 bits per heavy atom. The van der Waals surface area contributed by atoms with Crippen molar-refractivity contribution in [3.05, 3.63) is 39.4 Å². The SMILES string of the molecule is Cc1ccc(O)c(C(=O)C[N+](=O)[O-])c1. The summed E-state index contributed by atoms with van der Waals surface area (Å²) in [7, 11) is 0. The first-order chi connectivity index (χ1) is 6.50. The molecular formula is C9H9NO4. The maximum atomic E-state index is 11.2. The second-order valence-corrected chi connectivity index (χ2v) is 2.93. The molecule has 0 aliphatic rings. The summed E-state index contributed by atoms with van der Waals surface area (Å²) in [5.41, 5.74) is 0.774. The highest BCUT2D eigenvalue weighted by molar-refractivity contribution is 5.99. The largest absolute Gasteiger partial charge is 0.507 e. The molecule has 0 amide bonds. The summed E-state index contributed by atoms with van der Waals surface area (Å²) in [4.78, 5) is 20.6. The van der Waals surface area contributed by atoms with Gasteiger partial charge in [0.1, 0.15) is 5.75 Å². The molecular weight excluding hydrogens is 186 g/mol. The van der Waals surface area contributed by atoms with E-state index >= 15 is 0 Å². The maximum absolute atomic E-state index is 11.2. The van der Waals surface area contributed by atoms with Gasteiger partial charge in [-0.2, -0.15) is 0 Å². The van der Waals surface area contributed by atoms with Crippen LogP contribution in [0, 0.1) is 17.0 Å². The number of nitrogens with zero attached hydrogens (tertiary/aromatic N) is 1. The van der Waals surface area contributed by atoms with Gasteiger partial charge in [0.25, 0.3) is 6.54 Å². The van der Waals surface area contributed by atoms with Gasteiger partial charge in [-0.25, -0.2) is 0 Å². The van der Waals surface area contributed by atoms with Gasteiger partial charge in [-0.15, -0.1) is 0 Å². The van der Waals surface area contributed by atoms with E-state index in [9.17, 15) is 20.0 Å². The molecule has 14 heavy (non-hydrogen) atoms. The van der Waals surface area contributed by atoms with Crippen LogP contribution in [-0.4, -0.2) is 22.4 Å². The number of nitro groups is 1. The highest BCUT2D eigenvalue weighted by Crippen LogP contribution is 2.18. The zero-order chi connectivity index (χ0) is 10.7. The van der Waals surface area contributed by atoms with Crippen LogP contribution in [0.5, 0.6) is 5.75 Å². The average molecular weight is 195 g/mol. The van der Waals surface area contributed by atoms with Crippen LogP contribution in [0.15, 0.2) is 18.2 Å². The Balaban J connectivity index is 3.00. The molecule has 0 aliphatic carbocycles. The molecule has 0 unspecified atom stereocenters. The molecule has 0 heterocycles. The van der Waals surface area contributed by atoms with E-state index in [0.717, 1.165) is 5.56 Å². The number of hydrogen-bond acceptors (Lipinski definition) is 4. The number of aryl methyl sites for hydroxylation is 1. The van der Waals surface area contributed by atoms with Crippen molar-refractivity contribution in [1.82, 2.24) is 0 Å². The third kappa shape index (κ3) is 2.29. The Labute approximate surface area is 80.1 Å². The molecule has 0 aliphatic heterocycles. The number of carbonyl (C=O) groups excluding carboxylic acids is 1. The summed E-state index contributed by atoms with van der Waals surface area (Å²) >= 11 is 0. The lowest BCUT2D eigenvalue weighted by Crippen LogP contribution is -2.13. The summed E-state index contributed by atoms with van der Waals surface area (Å²) in [6.45, 7) is 0.944. The predicted octanol–water partition coefficient (Wildman–Crippen LogP) is 1.16. The van der Waals surface area contributed by atoms with Gasteiger partial charge in [0.15, 0.2) is 0 Å². The Morgan fingerprint density at radius 2 is 2.21 bits per heavy atom. The van der Waals surface area contributed by atoms with Crippen LogP contribution in [0.1, 0.15) is 15.9 Å². The van der Waals surface area contributed by atoms with E-state index in [1.54, 1.807) is 13.0 Å². The van der Waals surface area contributed by atoms with Crippen molar-refractivity contribution < 1.29 is 14.8 Å². The van der Waals surface area contributed by atoms with E-state index in [-0.39, 0.29) is 11.3 Å². The molecule has 1 aromatic rings. The molecule has 5 nitrogen and oxygen atoms in total. The Bertz CT molecular complexity index is 386. The second-order valence-electron chi connectivity index (χ2n) is 2.93. The monoisotopic (exact) mass is 195 g/mol. The second kappa shape index (κ2) is 3.87. The van der Waals surface area contributed by atoms with Crippen LogP contribution in [0.4, 0.5) is 0 Å². The lowest BCUT2D eigenvalue weighted by molar-refractivity contribution is -0.465. The van der Waals surface area contributed by atoms with Gasteiger partial charge >= 0.3 is 0 Å². The first-order valence-electron chi connectivity index (χ1n) is 3.95. The Kier molecular flexibility index (Phi) is 2.81. The number of aromatic hydroxyl groups is 1. The number of benzene rings is 1. The molecule has 0 saturated carbocycles. The van der Waals surface area contributed by atoms with E-state index < -0.39 is 17.3 Å². The Hall–Kier alpha value is -1.91. The van der Waals surface area contributed by atoms with E-state index in [1.807, 2.05) is 0 Å². The van der Waals surface area contributed by atoms with Crippen LogP contribution in [0.2, 0.25) is 0 Å².